The number of sulfonamides is 1. The molecular formula is C21H23BrFN5O3S. The molecule has 11 heteroatoms. The summed E-state index contributed by atoms with van der Waals surface area (Å²) in [5.74, 6) is 0.385. The number of nitrogens with zero attached hydrogens (tertiary/aromatic N) is 2. The molecule has 1 heterocycles. The summed E-state index contributed by atoms with van der Waals surface area (Å²) < 4.78 is 41.5. The summed E-state index contributed by atoms with van der Waals surface area (Å²) in [6.45, 7) is 1.94. The summed E-state index contributed by atoms with van der Waals surface area (Å²) >= 11 is 3.38. The van der Waals surface area contributed by atoms with E-state index in [9.17, 15) is 17.9 Å². The van der Waals surface area contributed by atoms with Crippen LogP contribution in [-0.2, 0) is 16.6 Å². The lowest BCUT2D eigenvalue weighted by Gasteiger charge is -2.16. The third kappa shape index (κ3) is 6.45. The number of benzene rings is 2. The van der Waals surface area contributed by atoms with Gasteiger partial charge in [0.2, 0.25) is 16.0 Å². The molecule has 2 aromatic carbocycles. The molecule has 0 amide bonds. The second kappa shape index (κ2) is 10.8. The molecule has 0 spiro atoms. The van der Waals surface area contributed by atoms with E-state index < -0.39 is 10.0 Å². The molecule has 4 N–H and O–H groups in total. The molecule has 0 saturated carbocycles. The second-order valence-electron chi connectivity index (χ2n) is 6.93. The maximum absolute atomic E-state index is 13.0. The predicted octanol–water partition coefficient (Wildman–Crippen LogP) is 3.78. The molecule has 32 heavy (non-hydrogen) atoms. The zero-order valence-electron chi connectivity index (χ0n) is 17.2. The van der Waals surface area contributed by atoms with E-state index >= 15 is 0 Å². The van der Waals surface area contributed by atoms with E-state index in [1.807, 2.05) is 6.92 Å². The molecule has 0 aliphatic rings. The molecule has 1 atom stereocenters. The highest BCUT2D eigenvalue weighted by atomic mass is 79.9. The number of hydrogen-bond donors (Lipinski definition) is 4. The van der Waals surface area contributed by atoms with Gasteiger partial charge in [0.15, 0.2) is 0 Å². The fourth-order valence-corrected chi connectivity index (χ4v) is 4.10. The van der Waals surface area contributed by atoms with Crippen LogP contribution in [0.3, 0.4) is 0 Å². The van der Waals surface area contributed by atoms with E-state index in [4.69, 9.17) is 0 Å². The monoisotopic (exact) mass is 523 g/mol. The van der Waals surface area contributed by atoms with Crippen LogP contribution in [-0.4, -0.2) is 36.1 Å². The maximum Gasteiger partial charge on any atom is 0.240 e. The van der Waals surface area contributed by atoms with Crippen molar-refractivity contribution in [3.8, 4) is 0 Å². The Kier molecular flexibility index (Phi) is 8.13. The first kappa shape index (κ1) is 24.1. The Hall–Kier alpha value is -2.60. The van der Waals surface area contributed by atoms with E-state index in [-0.39, 0.29) is 35.9 Å². The van der Waals surface area contributed by atoms with Gasteiger partial charge >= 0.3 is 0 Å². The number of halogens is 2. The van der Waals surface area contributed by atoms with Crippen LogP contribution in [0.2, 0.25) is 0 Å². The Balaban J connectivity index is 1.73. The second-order valence-corrected chi connectivity index (χ2v) is 9.55. The summed E-state index contributed by atoms with van der Waals surface area (Å²) in [5.41, 5.74) is 1.12. The van der Waals surface area contributed by atoms with Crippen molar-refractivity contribution < 1.29 is 17.9 Å². The van der Waals surface area contributed by atoms with Gasteiger partial charge in [-0.2, -0.15) is 4.98 Å². The van der Waals surface area contributed by atoms with Crippen molar-refractivity contribution in [3.05, 3.63) is 70.6 Å². The molecule has 0 bridgehead atoms. The fourth-order valence-electron chi connectivity index (χ4n) is 2.73. The number of rotatable bonds is 10. The molecule has 0 saturated heterocycles. The van der Waals surface area contributed by atoms with Gasteiger partial charge in [0.25, 0.3) is 0 Å². The Bertz CT molecular complexity index is 1160. The van der Waals surface area contributed by atoms with Gasteiger partial charge in [-0.25, -0.2) is 22.5 Å². The molecule has 3 aromatic rings. The van der Waals surface area contributed by atoms with Crippen molar-refractivity contribution in [2.45, 2.75) is 30.8 Å². The molecule has 8 nitrogen and oxygen atoms in total. The zero-order chi connectivity index (χ0) is 23.1. The highest BCUT2D eigenvalue weighted by Crippen LogP contribution is 2.24. The third-order valence-electron chi connectivity index (χ3n) is 4.58. The SMILES string of the molecule is CC[C@H](CO)Nc1nc(Nc2cccc(S(=O)(=O)NCc3ccc(F)cc3)c2)ncc1Br. The number of anilines is 3. The minimum atomic E-state index is -3.79. The lowest BCUT2D eigenvalue weighted by atomic mass is 10.2. The van der Waals surface area contributed by atoms with E-state index in [0.717, 1.165) is 0 Å². The summed E-state index contributed by atoms with van der Waals surface area (Å²) in [5, 5.41) is 15.5. The summed E-state index contributed by atoms with van der Waals surface area (Å²) in [4.78, 5) is 8.65. The van der Waals surface area contributed by atoms with Crippen molar-refractivity contribution in [2.75, 3.05) is 17.2 Å². The summed E-state index contributed by atoms with van der Waals surface area (Å²) in [6.07, 6.45) is 2.27. The smallest absolute Gasteiger partial charge is 0.240 e. The average molecular weight is 524 g/mol. The van der Waals surface area contributed by atoms with Crippen LogP contribution in [0.5, 0.6) is 0 Å². The average Bonchev–Trinajstić information content (AvgIpc) is 2.79. The van der Waals surface area contributed by atoms with Crippen LogP contribution in [0.15, 0.2) is 64.1 Å². The molecular weight excluding hydrogens is 501 g/mol. The molecule has 0 radical (unpaired) electrons. The van der Waals surface area contributed by atoms with Gasteiger partial charge in [-0.3, -0.25) is 0 Å². The summed E-state index contributed by atoms with van der Waals surface area (Å²) in [6, 6.07) is 11.7. The highest BCUT2D eigenvalue weighted by Gasteiger charge is 2.15. The summed E-state index contributed by atoms with van der Waals surface area (Å²) in [7, 11) is -3.79. The highest BCUT2D eigenvalue weighted by molar-refractivity contribution is 9.10. The first-order valence-electron chi connectivity index (χ1n) is 9.82. The molecule has 0 aliphatic carbocycles. The van der Waals surface area contributed by atoms with Crippen LogP contribution in [0, 0.1) is 5.82 Å². The number of aliphatic hydroxyl groups is 1. The minimum Gasteiger partial charge on any atom is -0.394 e. The Morgan fingerprint density at radius 3 is 2.62 bits per heavy atom. The van der Waals surface area contributed by atoms with Gasteiger partial charge in [-0.1, -0.05) is 25.1 Å². The van der Waals surface area contributed by atoms with Gasteiger partial charge in [0, 0.05) is 18.4 Å². The molecule has 0 aliphatic heterocycles. The Morgan fingerprint density at radius 1 is 1.19 bits per heavy atom. The van der Waals surface area contributed by atoms with Crippen LogP contribution >= 0.6 is 15.9 Å². The van der Waals surface area contributed by atoms with Crippen molar-refractivity contribution in [1.29, 1.82) is 0 Å². The Morgan fingerprint density at radius 2 is 1.94 bits per heavy atom. The first-order chi connectivity index (χ1) is 15.3. The molecule has 0 unspecified atom stereocenters. The van der Waals surface area contributed by atoms with Crippen LogP contribution in [0.1, 0.15) is 18.9 Å². The lowest BCUT2D eigenvalue weighted by Crippen LogP contribution is -2.23. The van der Waals surface area contributed by atoms with Crippen LogP contribution in [0.25, 0.3) is 0 Å². The number of nitrogens with one attached hydrogen (secondary N) is 3. The normalized spacial score (nSPS) is 12.4. The van der Waals surface area contributed by atoms with E-state index in [0.29, 0.717) is 28.0 Å². The fraction of sp³-hybridized carbons (Fsp3) is 0.238. The number of aliphatic hydroxyl groups excluding tert-OH is 1. The first-order valence-corrected chi connectivity index (χ1v) is 12.1. The quantitative estimate of drug-likeness (QED) is 0.319. The van der Waals surface area contributed by atoms with Crippen LogP contribution < -0.4 is 15.4 Å². The maximum atomic E-state index is 13.0. The van der Waals surface area contributed by atoms with E-state index in [2.05, 4.69) is 41.3 Å². The van der Waals surface area contributed by atoms with E-state index in [1.165, 1.54) is 36.4 Å². The Labute approximate surface area is 194 Å². The predicted molar refractivity (Wildman–Crippen MR) is 125 cm³/mol. The van der Waals surface area contributed by atoms with Crippen molar-refractivity contribution in [1.82, 2.24) is 14.7 Å². The topological polar surface area (TPSA) is 116 Å². The number of aromatic nitrogens is 2. The van der Waals surface area contributed by atoms with Crippen molar-refractivity contribution in [2.24, 2.45) is 0 Å². The molecule has 0 fully saturated rings. The van der Waals surface area contributed by atoms with Gasteiger partial charge in [0.05, 0.1) is 22.0 Å². The van der Waals surface area contributed by atoms with Crippen LogP contribution in [0.4, 0.5) is 21.8 Å². The van der Waals surface area contributed by atoms with Crippen molar-refractivity contribution >= 4 is 43.4 Å². The van der Waals surface area contributed by atoms with Gasteiger partial charge in [0.1, 0.15) is 11.6 Å². The molecule has 3 rings (SSSR count). The minimum absolute atomic E-state index is 0.0363. The van der Waals surface area contributed by atoms with Crippen molar-refractivity contribution in [3.63, 3.8) is 0 Å². The van der Waals surface area contributed by atoms with Gasteiger partial charge in [-0.15, -0.1) is 0 Å². The van der Waals surface area contributed by atoms with Gasteiger partial charge in [-0.05, 0) is 58.2 Å². The van der Waals surface area contributed by atoms with E-state index in [1.54, 1.807) is 18.3 Å². The largest absolute Gasteiger partial charge is 0.394 e. The van der Waals surface area contributed by atoms with Gasteiger partial charge < -0.3 is 15.7 Å². The molecule has 170 valence electrons. The zero-order valence-corrected chi connectivity index (χ0v) is 19.6. The lowest BCUT2D eigenvalue weighted by molar-refractivity contribution is 0.271. The molecule has 1 aromatic heterocycles. The standard InChI is InChI=1S/C21H23BrFN5O3S/c1-2-16(13-29)26-20-19(22)12-24-21(28-20)27-17-4-3-5-18(10-17)32(30,31)25-11-14-6-8-15(23)9-7-14/h3-10,12,16,25,29H,2,11,13H2,1H3,(H2,24,26,27,28)/t16-/m1/s1. The third-order valence-corrected chi connectivity index (χ3v) is 6.56. The number of hydrogen-bond acceptors (Lipinski definition) is 7.